The molecule has 0 amide bonds. The number of nitrogens with zero attached hydrogens (tertiary/aromatic N) is 5. The molecule has 1 saturated heterocycles. The van der Waals surface area contributed by atoms with Gasteiger partial charge in [-0.2, -0.15) is 5.10 Å². The van der Waals surface area contributed by atoms with Gasteiger partial charge in [0.05, 0.1) is 24.3 Å². The zero-order valence-electron chi connectivity index (χ0n) is 16.1. The van der Waals surface area contributed by atoms with Crippen molar-refractivity contribution in [3.63, 3.8) is 0 Å². The molecule has 0 aliphatic carbocycles. The zero-order valence-corrected chi connectivity index (χ0v) is 16.1. The monoisotopic (exact) mass is 409 g/mol. The van der Waals surface area contributed by atoms with E-state index in [9.17, 15) is 13.2 Å². The fraction of sp³-hybridized carbons (Fsp3) is 0.227. The molecule has 0 spiro atoms. The Kier molecular flexibility index (Phi) is 4.42. The van der Waals surface area contributed by atoms with Gasteiger partial charge in [-0.25, -0.2) is 23.1 Å². The van der Waals surface area contributed by atoms with Gasteiger partial charge in [-0.15, -0.1) is 0 Å². The highest BCUT2D eigenvalue weighted by molar-refractivity contribution is 5.92. The quantitative estimate of drug-likeness (QED) is 0.496. The second-order valence-corrected chi connectivity index (χ2v) is 7.54. The number of halogens is 3. The number of aryl methyl sites for hydroxylation is 1. The Morgan fingerprint density at radius 2 is 1.80 bits per heavy atom. The van der Waals surface area contributed by atoms with Crippen molar-refractivity contribution < 1.29 is 13.2 Å². The van der Waals surface area contributed by atoms with Crippen molar-refractivity contribution in [1.29, 1.82) is 0 Å². The van der Waals surface area contributed by atoms with Crippen LogP contribution in [0.2, 0.25) is 0 Å². The van der Waals surface area contributed by atoms with E-state index in [-0.39, 0.29) is 13.0 Å². The van der Waals surface area contributed by atoms with Gasteiger partial charge in [0.15, 0.2) is 0 Å². The van der Waals surface area contributed by atoms with Crippen LogP contribution in [-0.2, 0) is 7.05 Å². The predicted octanol–water partition coefficient (Wildman–Crippen LogP) is 4.60. The van der Waals surface area contributed by atoms with E-state index in [2.05, 4.69) is 15.1 Å². The van der Waals surface area contributed by atoms with E-state index in [0.29, 0.717) is 16.9 Å². The Morgan fingerprint density at radius 3 is 2.53 bits per heavy atom. The van der Waals surface area contributed by atoms with Gasteiger partial charge in [-0.3, -0.25) is 4.68 Å². The largest absolute Gasteiger partial charge is 0.346 e. The minimum Gasteiger partial charge on any atom is -0.346 e. The lowest BCUT2D eigenvalue weighted by Crippen LogP contribution is -2.25. The summed E-state index contributed by atoms with van der Waals surface area (Å²) in [4.78, 5) is 10.5. The Balaban J connectivity index is 1.58. The maximum atomic E-state index is 14.4. The van der Waals surface area contributed by atoms with E-state index in [1.807, 2.05) is 31.4 Å². The van der Waals surface area contributed by atoms with Crippen LogP contribution in [0, 0.1) is 11.6 Å². The number of aromatic nitrogens is 4. The van der Waals surface area contributed by atoms with E-state index in [0.717, 1.165) is 22.6 Å². The molecular weight excluding hydrogens is 391 g/mol. The van der Waals surface area contributed by atoms with Crippen LogP contribution in [0.1, 0.15) is 18.0 Å². The molecule has 2 aromatic heterocycles. The van der Waals surface area contributed by atoms with Crippen LogP contribution in [0.4, 0.5) is 19.0 Å². The molecule has 1 fully saturated rings. The third-order valence-corrected chi connectivity index (χ3v) is 5.45. The molecular formula is C22H18F3N5. The first-order valence-electron chi connectivity index (χ1n) is 9.58. The van der Waals surface area contributed by atoms with Crippen molar-refractivity contribution in [2.45, 2.75) is 18.6 Å². The highest BCUT2D eigenvalue weighted by Gasteiger charge is 2.35. The molecule has 3 heterocycles. The molecule has 0 N–H and O–H groups in total. The lowest BCUT2D eigenvalue weighted by molar-refractivity contribution is 0.356. The molecule has 152 valence electrons. The molecule has 2 atom stereocenters. The van der Waals surface area contributed by atoms with E-state index < -0.39 is 23.8 Å². The minimum absolute atomic E-state index is 0.0965. The second kappa shape index (κ2) is 7.12. The Morgan fingerprint density at radius 1 is 1.00 bits per heavy atom. The van der Waals surface area contributed by atoms with Crippen LogP contribution in [0.3, 0.4) is 0 Å². The zero-order chi connectivity index (χ0) is 20.8. The summed E-state index contributed by atoms with van der Waals surface area (Å²) in [6.45, 7) is 0.0965. The molecule has 4 aromatic rings. The Labute approximate surface area is 170 Å². The number of benzene rings is 2. The van der Waals surface area contributed by atoms with Crippen LogP contribution in [0.25, 0.3) is 22.0 Å². The molecule has 30 heavy (non-hydrogen) atoms. The van der Waals surface area contributed by atoms with E-state index in [4.69, 9.17) is 0 Å². The number of hydrogen-bond donors (Lipinski definition) is 0. The normalized spacial score (nSPS) is 19.0. The minimum atomic E-state index is -1.12. The molecule has 2 aromatic carbocycles. The summed E-state index contributed by atoms with van der Waals surface area (Å²) < 4.78 is 43.7. The SMILES string of the molecule is Cn1cc(-c2ccc3c(N4C[C@@H](F)C[C@@H]4c4cc(F)cc(F)c4)ncnc3c2)cn1. The summed E-state index contributed by atoms with van der Waals surface area (Å²) in [5.74, 6) is -0.811. The summed E-state index contributed by atoms with van der Waals surface area (Å²) in [7, 11) is 1.85. The fourth-order valence-electron chi connectivity index (χ4n) is 4.12. The molecule has 8 heteroatoms. The molecule has 1 aliphatic rings. The van der Waals surface area contributed by atoms with Crippen LogP contribution in [-0.4, -0.2) is 32.5 Å². The number of rotatable bonds is 3. The average Bonchev–Trinajstić information content (AvgIpc) is 3.32. The molecule has 5 rings (SSSR count). The molecule has 0 saturated carbocycles. The van der Waals surface area contributed by atoms with Gasteiger partial charge in [0.2, 0.25) is 0 Å². The van der Waals surface area contributed by atoms with E-state index >= 15 is 0 Å². The van der Waals surface area contributed by atoms with E-state index in [1.54, 1.807) is 15.8 Å². The van der Waals surface area contributed by atoms with Crippen molar-refractivity contribution >= 4 is 16.7 Å². The van der Waals surface area contributed by atoms with Crippen LogP contribution in [0.5, 0.6) is 0 Å². The van der Waals surface area contributed by atoms with Crippen molar-refractivity contribution in [2.75, 3.05) is 11.4 Å². The molecule has 0 unspecified atom stereocenters. The van der Waals surface area contributed by atoms with Gasteiger partial charge in [0, 0.05) is 36.7 Å². The van der Waals surface area contributed by atoms with Gasteiger partial charge >= 0.3 is 0 Å². The van der Waals surface area contributed by atoms with E-state index in [1.165, 1.54) is 18.5 Å². The second-order valence-electron chi connectivity index (χ2n) is 7.54. The van der Waals surface area contributed by atoms with Crippen molar-refractivity contribution in [3.8, 4) is 11.1 Å². The van der Waals surface area contributed by atoms with Gasteiger partial charge in [-0.05, 0) is 35.4 Å². The first-order chi connectivity index (χ1) is 14.5. The summed E-state index contributed by atoms with van der Waals surface area (Å²) >= 11 is 0. The first-order valence-corrected chi connectivity index (χ1v) is 9.58. The number of alkyl halides is 1. The highest BCUT2D eigenvalue weighted by Crippen LogP contribution is 2.39. The Hall–Kier alpha value is -3.42. The van der Waals surface area contributed by atoms with Crippen molar-refractivity contribution in [2.24, 2.45) is 7.05 Å². The molecule has 0 radical (unpaired) electrons. The highest BCUT2D eigenvalue weighted by atomic mass is 19.1. The molecule has 1 aliphatic heterocycles. The van der Waals surface area contributed by atoms with Gasteiger partial charge in [-0.1, -0.05) is 6.07 Å². The number of hydrogen-bond acceptors (Lipinski definition) is 4. The number of anilines is 1. The van der Waals surface area contributed by atoms with Crippen LogP contribution in [0.15, 0.2) is 55.1 Å². The maximum Gasteiger partial charge on any atom is 0.140 e. The predicted molar refractivity (Wildman–Crippen MR) is 108 cm³/mol. The lowest BCUT2D eigenvalue weighted by Gasteiger charge is -2.26. The maximum absolute atomic E-state index is 14.4. The van der Waals surface area contributed by atoms with Crippen LogP contribution >= 0.6 is 0 Å². The Bertz CT molecular complexity index is 1220. The van der Waals surface area contributed by atoms with Gasteiger partial charge < -0.3 is 4.90 Å². The fourth-order valence-corrected chi connectivity index (χ4v) is 4.12. The standard InChI is InChI=1S/C22H18F3N5/c1-29-10-15(9-28-29)13-2-3-19-20(6-13)26-12-27-22(19)30-11-18(25)8-21(30)14-4-16(23)7-17(24)5-14/h2-7,9-10,12,18,21H,8,11H2,1H3/t18-,21+/m0/s1. The van der Waals surface area contributed by atoms with Gasteiger partial charge in [0.1, 0.15) is 30.0 Å². The third kappa shape index (κ3) is 3.28. The summed E-state index contributed by atoms with van der Waals surface area (Å²) in [5, 5.41) is 4.94. The third-order valence-electron chi connectivity index (χ3n) is 5.45. The first kappa shape index (κ1) is 18.6. The molecule has 5 nitrogen and oxygen atoms in total. The smallest absolute Gasteiger partial charge is 0.140 e. The molecule has 0 bridgehead atoms. The van der Waals surface area contributed by atoms with Crippen molar-refractivity contribution in [3.05, 3.63) is 72.3 Å². The average molecular weight is 409 g/mol. The topological polar surface area (TPSA) is 46.8 Å². The summed E-state index contributed by atoms with van der Waals surface area (Å²) in [6, 6.07) is 8.56. The van der Waals surface area contributed by atoms with Crippen molar-refractivity contribution in [1.82, 2.24) is 19.7 Å². The van der Waals surface area contributed by atoms with Crippen LogP contribution < -0.4 is 4.90 Å². The summed E-state index contributed by atoms with van der Waals surface area (Å²) in [6.07, 6.45) is 4.13. The van der Waals surface area contributed by atoms with Gasteiger partial charge in [0.25, 0.3) is 0 Å². The lowest BCUT2D eigenvalue weighted by atomic mass is 10.0. The summed E-state index contributed by atoms with van der Waals surface area (Å²) in [5.41, 5.74) is 3.01. The number of fused-ring (bicyclic) bond motifs is 1.